The number of aromatic nitrogens is 1. The van der Waals surface area contributed by atoms with Crippen molar-refractivity contribution in [2.45, 2.75) is 0 Å². The van der Waals surface area contributed by atoms with Gasteiger partial charge in [-0.1, -0.05) is 36.4 Å². The topological polar surface area (TPSA) is 46.5 Å². The predicted octanol–water partition coefficient (Wildman–Crippen LogP) is 3.49. The fourth-order valence-electron chi connectivity index (χ4n) is 2.70. The van der Waals surface area contributed by atoms with Crippen LogP contribution in [0.3, 0.4) is 0 Å². The Balaban J connectivity index is 1.50. The molecule has 0 bridgehead atoms. The Labute approximate surface area is 128 Å². The normalized spacial score (nSPS) is 14.3. The quantitative estimate of drug-likeness (QED) is 0.748. The van der Waals surface area contributed by atoms with Crippen molar-refractivity contribution in [3.63, 3.8) is 0 Å². The Morgan fingerprint density at radius 2 is 1.91 bits per heavy atom. The maximum atomic E-state index is 5.57. The summed E-state index contributed by atoms with van der Waals surface area (Å²) in [5, 5.41) is 5.86. The molecule has 0 unspecified atom stereocenters. The van der Waals surface area contributed by atoms with E-state index >= 15 is 0 Å². The minimum absolute atomic E-state index is 0.508. The van der Waals surface area contributed by atoms with Crippen molar-refractivity contribution in [3.05, 3.63) is 66.4 Å². The lowest BCUT2D eigenvalue weighted by Crippen LogP contribution is -2.11. The van der Waals surface area contributed by atoms with Crippen LogP contribution >= 0.6 is 0 Å². The number of amidine groups is 1. The van der Waals surface area contributed by atoms with E-state index in [0.29, 0.717) is 19.0 Å². The van der Waals surface area contributed by atoms with E-state index < -0.39 is 0 Å². The molecule has 4 heteroatoms. The standard InChI is InChI=1S/C18H15N3O/c1-2-10-19-16(9-1)22-12-11-20-18-14-7-3-5-13-6-4-8-15(21-18)17(13)14/h1-10H,11-12H2,(H,20,21). The van der Waals surface area contributed by atoms with Gasteiger partial charge in [0.05, 0.1) is 6.54 Å². The summed E-state index contributed by atoms with van der Waals surface area (Å²) in [4.78, 5) is 8.76. The van der Waals surface area contributed by atoms with Gasteiger partial charge < -0.3 is 10.1 Å². The third-order valence-corrected chi connectivity index (χ3v) is 3.66. The molecule has 0 atom stereocenters. The molecule has 0 amide bonds. The monoisotopic (exact) mass is 289 g/mol. The van der Waals surface area contributed by atoms with Crippen LogP contribution in [0.5, 0.6) is 5.88 Å². The number of aliphatic imine (C=N–C) groups is 1. The molecule has 3 aromatic rings. The van der Waals surface area contributed by atoms with Gasteiger partial charge in [-0.15, -0.1) is 0 Å². The Bertz CT molecular complexity index is 838. The molecule has 0 saturated carbocycles. The number of nitrogens with one attached hydrogen (secondary N) is 1. The van der Waals surface area contributed by atoms with Gasteiger partial charge in [-0.25, -0.2) is 4.98 Å². The lowest BCUT2D eigenvalue weighted by Gasteiger charge is -2.04. The van der Waals surface area contributed by atoms with Gasteiger partial charge in [-0.2, -0.15) is 0 Å². The number of ether oxygens (including phenoxy) is 1. The molecule has 4 rings (SSSR count). The fraction of sp³-hybridized carbons (Fsp3) is 0.111. The first-order chi connectivity index (χ1) is 10.9. The van der Waals surface area contributed by atoms with Gasteiger partial charge in [0.1, 0.15) is 12.4 Å². The van der Waals surface area contributed by atoms with E-state index in [2.05, 4.69) is 51.7 Å². The van der Waals surface area contributed by atoms with Crippen molar-refractivity contribution in [1.29, 1.82) is 0 Å². The maximum absolute atomic E-state index is 5.57. The summed E-state index contributed by atoms with van der Waals surface area (Å²) in [7, 11) is 0. The summed E-state index contributed by atoms with van der Waals surface area (Å²) in [6, 6.07) is 18.2. The van der Waals surface area contributed by atoms with Crippen molar-refractivity contribution in [3.8, 4) is 5.88 Å². The fourth-order valence-corrected chi connectivity index (χ4v) is 2.70. The summed E-state index contributed by atoms with van der Waals surface area (Å²) in [5.74, 6) is 1.55. The third kappa shape index (κ3) is 2.29. The molecule has 0 spiro atoms. The smallest absolute Gasteiger partial charge is 0.213 e. The first-order valence-electron chi connectivity index (χ1n) is 7.29. The molecule has 0 aliphatic carbocycles. The summed E-state index contributed by atoms with van der Waals surface area (Å²) in [5.41, 5.74) is 2.28. The number of benzene rings is 2. The molecule has 1 aliphatic heterocycles. The van der Waals surface area contributed by atoms with Gasteiger partial charge in [0.2, 0.25) is 5.88 Å². The summed E-state index contributed by atoms with van der Waals surface area (Å²) in [6.07, 6.45) is 1.72. The summed E-state index contributed by atoms with van der Waals surface area (Å²) in [6.45, 7) is 1.10. The van der Waals surface area contributed by atoms with E-state index in [9.17, 15) is 0 Å². The molecule has 0 saturated heterocycles. The molecule has 22 heavy (non-hydrogen) atoms. The molecule has 1 aliphatic rings. The van der Waals surface area contributed by atoms with Crippen molar-refractivity contribution >= 4 is 22.3 Å². The van der Waals surface area contributed by atoms with Gasteiger partial charge in [0, 0.05) is 28.9 Å². The van der Waals surface area contributed by atoms with Crippen LogP contribution in [0.25, 0.3) is 10.8 Å². The number of hydrogen-bond donors (Lipinski definition) is 1. The highest BCUT2D eigenvalue weighted by atomic mass is 16.5. The largest absolute Gasteiger partial charge is 0.476 e. The Morgan fingerprint density at radius 3 is 2.77 bits per heavy atom. The number of anilines is 1. The molecule has 1 N–H and O–H groups in total. The van der Waals surface area contributed by atoms with E-state index in [0.717, 1.165) is 17.1 Å². The number of rotatable bonds is 4. The minimum Gasteiger partial charge on any atom is -0.476 e. The van der Waals surface area contributed by atoms with Crippen LogP contribution in [-0.4, -0.2) is 24.0 Å². The highest BCUT2D eigenvalue weighted by Crippen LogP contribution is 2.32. The Morgan fingerprint density at radius 1 is 1.00 bits per heavy atom. The molecule has 2 aromatic carbocycles. The van der Waals surface area contributed by atoms with E-state index in [1.165, 1.54) is 10.8 Å². The number of pyridine rings is 1. The zero-order valence-electron chi connectivity index (χ0n) is 12.0. The lowest BCUT2D eigenvalue weighted by molar-refractivity contribution is 0.316. The average Bonchev–Trinajstić information content (AvgIpc) is 2.93. The molecule has 0 radical (unpaired) electrons. The zero-order chi connectivity index (χ0) is 14.8. The van der Waals surface area contributed by atoms with E-state index in [1.807, 2.05) is 18.2 Å². The number of nitrogens with zero attached hydrogens (tertiary/aromatic N) is 2. The first-order valence-corrected chi connectivity index (χ1v) is 7.29. The maximum Gasteiger partial charge on any atom is 0.213 e. The highest BCUT2D eigenvalue weighted by Gasteiger charge is 2.18. The van der Waals surface area contributed by atoms with Crippen LogP contribution in [0, 0.1) is 0 Å². The number of hydrogen-bond acceptors (Lipinski definition) is 3. The average molecular weight is 289 g/mol. The van der Waals surface area contributed by atoms with Crippen LogP contribution in [0.15, 0.2) is 65.8 Å². The van der Waals surface area contributed by atoms with Crippen LogP contribution in [-0.2, 0) is 0 Å². The molecular weight excluding hydrogens is 274 g/mol. The van der Waals surface area contributed by atoms with Gasteiger partial charge in [0.15, 0.2) is 0 Å². The lowest BCUT2D eigenvalue weighted by atomic mass is 10.1. The highest BCUT2D eigenvalue weighted by molar-refractivity contribution is 6.25. The van der Waals surface area contributed by atoms with Crippen molar-refractivity contribution in [2.24, 2.45) is 4.99 Å². The molecule has 1 aromatic heterocycles. The van der Waals surface area contributed by atoms with Crippen LogP contribution in [0.4, 0.5) is 5.69 Å². The van der Waals surface area contributed by atoms with Crippen LogP contribution in [0.2, 0.25) is 0 Å². The Kier molecular flexibility index (Phi) is 3.20. The van der Waals surface area contributed by atoms with Crippen LogP contribution in [0.1, 0.15) is 5.56 Å². The molecule has 2 heterocycles. The van der Waals surface area contributed by atoms with E-state index in [1.54, 1.807) is 6.20 Å². The molecule has 108 valence electrons. The second-order valence-corrected chi connectivity index (χ2v) is 5.08. The van der Waals surface area contributed by atoms with Crippen molar-refractivity contribution in [1.82, 2.24) is 4.98 Å². The van der Waals surface area contributed by atoms with Gasteiger partial charge in [-0.05, 0) is 17.5 Å². The van der Waals surface area contributed by atoms with Gasteiger partial charge >= 0.3 is 0 Å². The minimum atomic E-state index is 0.508. The molecular formula is C18H15N3O. The van der Waals surface area contributed by atoms with Gasteiger partial charge in [0.25, 0.3) is 0 Å². The van der Waals surface area contributed by atoms with E-state index in [4.69, 9.17) is 4.74 Å². The summed E-state index contributed by atoms with van der Waals surface area (Å²) < 4.78 is 5.57. The first kappa shape index (κ1) is 12.8. The predicted molar refractivity (Wildman–Crippen MR) is 88.7 cm³/mol. The van der Waals surface area contributed by atoms with E-state index in [-0.39, 0.29) is 0 Å². The van der Waals surface area contributed by atoms with Crippen molar-refractivity contribution < 1.29 is 4.74 Å². The third-order valence-electron chi connectivity index (χ3n) is 3.66. The van der Waals surface area contributed by atoms with Crippen LogP contribution < -0.4 is 10.1 Å². The molecule has 4 nitrogen and oxygen atoms in total. The molecule has 0 fully saturated rings. The summed E-state index contributed by atoms with van der Waals surface area (Å²) >= 11 is 0. The van der Waals surface area contributed by atoms with Crippen molar-refractivity contribution in [2.75, 3.05) is 18.5 Å². The Hall–Kier alpha value is -2.88. The second-order valence-electron chi connectivity index (χ2n) is 5.08. The zero-order valence-corrected chi connectivity index (χ0v) is 12.0. The van der Waals surface area contributed by atoms with Gasteiger partial charge in [-0.3, -0.25) is 4.99 Å². The SMILES string of the molecule is c1ccc(OCCN=C2Nc3cccc4cccc2c34)nc1. The second kappa shape index (κ2) is 5.48.